The van der Waals surface area contributed by atoms with Crippen LogP contribution in [0.4, 0.5) is 5.69 Å². The molecule has 0 spiro atoms. The van der Waals surface area contributed by atoms with Crippen LogP contribution in [0.2, 0.25) is 5.02 Å². The Hall–Kier alpha value is -1.55. The van der Waals surface area contributed by atoms with Gasteiger partial charge in [0.2, 0.25) is 5.91 Å². The molecule has 1 amide bonds. The van der Waals surface area contributed by atoms with E-state index in [0.717, 1.165) is 6.42 Å². The second kappa shape index (κ2) is 7.46. The normalized spacial score (nSPS) is 15.7. The van der Waals surface area contributed by atoms with E-state index in [1.807, 2.05) is 0 Å². The minimum Gasteiger partial charge on any atom is -0.478 e. The zero-order chi connectivity index (χ0) is 15.2. The lowest BCUT2D eigenvalue weighted by Gasteiger charge is -2.21. The van der Waals surface area contributed by atoms with Gasteiger partial charge in [-0.3, -0.25) is 4.79 Å². The summed E-state index contributed by atoms with van der Waals surface area (Å²) in [6.45, 7) is 0. The zero-order valence-corrected chi connectivity index (χ0v) is 12.7. The number of benzene rings is 1. The van der Waals surface area contributed by atoms with Gasteiger partial charge < -0.3 is 10.4 Å². The van der Waals surface area contributed by atoms with E-state index in [9.17, 15) is 9.59 Å². The average molecular weight is 310 g/mol. The van der Waals surface area contributed by atoms with Crippen molar-refractivity contribution in [2.24, 2.45) is 5.92 Å². The third-order valence-electron chi connectivity index (χ3n) is 3.99. The molecule has 0 bridgehead atoms. The van der Waals surface area contributed by atoms with Crippen molar-refractivity contribution in [1.82, 2.24) is 0 Å². The van der Waals surface area contributed by atoms with Gasteiger partial charge in [0.15, 0.2) is 0 Å². The number of hydrogen-bond donors (Lipinski definition) is 2. The molecule has 0 unspecified atom stereocenters. The van der Waals surface area contributed by atoms with Crippen LogP contribution in [-0.2, 0) is 4.79 Å². The van der Waals surface area contributed by atoms with Crippen molar-refractivity contribution in [2.45, 2.75) is 44.9 Å². The minimum atomic E-state index is -1.10. The van der Waals surface area contributed by atoms with Crippen molar-refractivity contribution in [2.75, 3.05) is 5.32 Å². The molecule has 21 heavy (non-hydrogen) atoms. The van der Waals surface area contributed by atoms with Gasteiger partial charge in [0.05, 0.1) is 11.3 Å². The number of hydrogen-bond acceptors (Lipinski definition) is 2. The molecule has 0 radical (unpaired) electrons. The molecule has 0 aromatic heterocycles. The number of carboxylic acid groups (broad SMARTS) is 1. The highest BCUT2D eigenvalue weighted by atomic mass is 35.5. The number of rotatable bonds is 5. The van der Waals surface area contributed by atoms with Gasteiger partial charge in [-0.25, -0.2) is 4.79 Å². The predicted molar refractivity (Wildman–Crippen MR) is 82.9 cm³/mol. The number of aromatic carboxylic acids is 1. The van der Waals surface area contributed by atoms with E-state index in [4.69, 9.17) is 16.7 Å². The van der Waals surface area contributed by atoms with E-state index in [0.29, 0.717) is 23.0 Å². The summed E-state index contributed by atoms with van der Waals surface area (Å²) in [6, 6.07) is 4.45. The molecule has 0 aliphatic heterocycles. The molecule has 0 heterocycles. The van der Waals surface area contributed by atoms with Crippen LogP contribution in [0.3, 0.4) is 0 Å². The van der Waals surface area contributed by atoms with Crippen molar-refractivity contribution in [1.29, 1.82) is 0 Å². The summed E-state index contributed by atoms with van der Waals surface area (Å²) in [5.74, 6) is -0.598. The summed E-state index contributed by atoms with van der Waals surface area (Å²) in [5, 5.41) is 12.1. The SMILES string of the molecule is O=C(CCC1CCCCC1)Nc1ccc(Cl)cc1C(=O)O. The molecule has 2 N–H and O–H groups in total. The molecule has 1 aromatic rings. The van der Waals surface area contributed by atoms with Gasteiger partial charge >= 0.3 is 5.97 Å². The smallest absolute Gasteiger partial charge is 0.337 e. The van der Waals surface area contributed by atoms with Crippen LogP contribution < -0.4 is 5.32 Å². The summed E-state index contributed by atoms with van der Waals surface area (Å²) >= 11 is 5.78. The molecule has 1 fully saturated rings. The number of carboxylic acids is 1. The molecule has 1 saturated carbocycles. The lowest BCUT2D eigenvalue weighted by atomic mass is 9.86. The molecular weight excluding hydrogens is 290 g/mol. The highest BCUT2D eigenvalue weighted by Gasteiger charge is 2.16. The lowest BCUT2D eigenvalue weighted by molar-refractivity contribution is -0.116. The number of amides is 1. The Labute approximate surface area is 129 Å². The maximum Gasteiger partial charge on any atom is 0.337 e. The van der Waals surface area contributed by atoms with E-state index >= 15 is 0 Å². The van der Waals surface area contributed by atoms with Crippen LogP contribution in [0.25, 0.3) is 0 Å². The van der Waals surface area contributed by atoms with Crippen LogP contribution in [0, 0.1) is 5.92 Å². The van der Waals surface area contributed by atoms with Crippen LogP contribution in [0.15, 0.2) is 18.2 Å². The second-order valence-corrected chi connectivity index (χ2v) is 6.02. The largest absolute Gasteiger partial charge is 0.478 e. The second-order valence-electron chi connectivity index (χ2n) is 5.59. The third-order valence-corrected chi connectivity index (χ3v) is 4.23. The quantitative estimate of drug-likeness (QED) is 0.850. The van der Waals surface area contributed by atoms with Gasteiger partial charge in [0.25, 0.3) is 0 Å². The number of nitrogens with one attached hydrogen (secondary N) is 1. The fourth-order valence-electron chi connectivity index (χ4n) is 2.83. The molecule has 1 aromatic carbocycles. The number of halogens is 1. The summed E-state index contributed by atoms with van der Waals surface area (Å²) < 4.78 is 0. The summed E-state index contributed by atoms with van der Waals surface area (Å²) in [5.41, 5.74) is 0.328. The highest BCUT2D eigenvalue weighted by molar-refractivity contribution is 6.31. The molecule has 1 aliphatic carbocycles. The van der Waals surface area contributed by atoms with Gasteiger partial charge in [-0.05, 0) is 30.5 Å². The highest BCUT2D eigenvalue weighted by Crippen LogP contribution is 2.27. The van der Waals surface area contributed by atoms with Crippen LogP contribution >= 0.6 is 11.6 Å². The molecule has 0 saturated heterocycles. The van der Waals surface area contributed by atoms with Crippen molar-refractivity contribution < 1.29 is 14.7 Å². The molecule has 5 heteroatoms. The van der Waals surface area contributed by atoms with Crippen LogP contribution in [0.5, 0.6) is 0 Å². The Morgan fingerprint density at radius 2 is 1.95 bits per heavy atom. The first-order chi connectivity index (χ1) is 10.1. The van der Waals surface area contributed by atoms with E-state index in [2.05, 4.69) is 5.32 Å². The Morgan fingerprint density at radius 3 is 2.62 bits per heavy atom. The Morgan fingerprint density at radius 1 is 1.24 bits per heavy atom. The van der Waals surface area contributed by atoms with Gasteiger partial charge in [-0.2, -0.15) is 0 Å². The molecular formula is C16H20ClNO3. The minimum absolute atomic E-state index is 0.0218. The summed E-state index contributed by atoms with van der Waals surface area (Å²) in [6.07, 6.45) is 7.53. The van der Waals surface area contributed by atoms with Crippen LogP contribution in [0.1, 0.15) is 55.3 Å². The van der Waals surface area contributed by atoms with Gasteiger partial charge in [0.1, 0.15) is 0 Å². The van der Waals surface area contributed by atoms with Crippen molar-refractivity contribution in [3.05, 3.63) is 28.8 Å². The standard InChI is InChI=1S/C16H20ClNO3/c17-12-7-8-14(13(10-12)16(20)21)18-15(19)9-6-11-4-2-1-3-5-11/h7-8,10-11H,1-6,9H2,(H,18,19)(H,20,21). The first kappa shape index (κ1) is 15.8. The number of anilines is 1. The fraction of sp³-hybridized carbons (Fsp3) is 0.500. The Balaban J connectivity index is 1.91. The zero-order valence-electron chi connectivity index (χ0n) is 11.9. The van der Waals surface area contributed by atoms with E-state index in [-0.39, 0.29) is 11.5 Å². The topological polar surface area (TPSA) is 66.4 Å². The van der Waals surface area contributed by atoms with E-state index < -0.39 is 5.97 Å². The van der Waals surface area contributed by atoms with Crippen molar-refractivity contribution >= 4 is 29.2 Å². The fourth-order valence-corrected chi connectivity index (χ4v) is 3.00. The first-order valence-corrected chi connectivity index (χ1v) is 7.77. The Bertz CT molecular complexity index is 524. The van der Waals surface area contributed by atoms with Crippen LogP contribution in [-0.4, -0.2) is 17.0 Å². The molecule has 114 valence electrons. The van der Waals surface area contributed by atoms with E-state index in [1.54, 1.807) is 6.07 Å². The molecule has 2 rings (SSSR count). The van der Waals surface area contributed by atoms with Gasteiger partial charge in [0, 0.05) is 11.4 Å². The molecule has 0 atom stereocenters. The third kappa shape index (κ3) is 4.74. The lowest BCUT2D eigenvalue weighted by Crippen LogP contribution is -2.16. The summed E-state index contributed by atoms with van der Waals surface area (Å²) in [4.78, 5) is 23.1. The predicted octanol–water partition coefficient (Wildman–Crippen LogP) is 4.34. The monoisotopic (exact) mass is 309 g/mol. The van der Waals surface area contributed by atoms with E-state index in [1.165, 1.54) is 44.2 Å². The first-order valence-electron chi connectivity index (χ1n) is 7.39. The molecule has 1 aliphatic rings. The summed E-state index contributed by atoms with van der Waals surface area (Å²) in [7, 11) is 0. The number of carbonyl (C=O) groups is 2. The average Bonchev–Trinajstić information content (AvgIpc) is 2.48. The molecule has 4 nitrogen and oxygen atoms in total. The van der Waals surface area contributed by atoms with Crippen molar-refractivity contribution in [3.63, 3.8) is 0 Å². The maximum absolute atomic E-state index is 12.0. The number of carbonyl (C=O) groups excluding carboxylic acids is 1. The van der Waals surface area contributed by atoms with Crippen molar-refractivity contribution in [3.8, 4) is 0 Å². The van der Waals surface area contributed by atoms with Gasteiger partial charge in [-0.15, -0.1) is 0 Å². The van der Waals surface area contributed by atoms with Gasteiger partial charge in [-0.1, -0.05) is 43.7 Å². The Kier molecular flexibility index (Phi) is 5.62. The maximum atomic E-state index is 12.0.